The molecule has 24 heavy (non-hydrogen) atoms. The van der Waals surface area contributed by atoms with Gasteiger partial charge in [-0.3, -0.25) is 4.79 Å². The van der Waals surface area contributed by atoms with E-state index in [9.17, 15) is 9.18 Å². The Kier molecular flexibility index (Phi) is 4.51. The molecule has 0 fully saturated rings. The fraction of sp³-hybridized carbons (Fsp3) is 0.211. The Morgan fingerprint density at radius 2 is 2.04 bits per heavy atom. The lowest BCUT2D eigenvalue weighted by Gasteiger charge is -2.16. The first-order valence-electron chi connectivity index (χ1n) is 7.75. The number of carbonyl (C=O) groups excluding carboxylic acids is 1. The third-order valence-electron chi connectivity index (χ3n) is 4.05. The van der Waals surface area contributed by atoms with Crippen molar-refractivity contribution < 1.29 is 13.9 Å². The molecule has 1 N–H and O–H groups in total. The molecule has 0 saturated carbocycles. The summed E-state index contributed by atoms with van der Waals surface area (Å²) in [6.45, 7) is 2.05. The van der Waals surface area contributed by atoms with Crippen molar-refractivity contribution in [2.24, 2.45) is 0 Å². The standard InChI is InChI=1S/C19H19FN2O2/c1-13(15-7-8-18(24-2)16(20)11-15)21-19(23)12-22-10-9-14-5-3-4-6-17(14)22/h3-11,13H,12H2,1-2H3,(H,21,23). The first-order valence-corrected chi connectivity index (χ1v) is 7.75. The van der Waals surface area contributed by atoms with Crippen LogP contribution in [-0.2, 0) is 11.3 Å². The van der Waals surface area contributed by atoms with Crippen LogP contribution in [0.25, 0.3) is 10.9 Å². The van der Waals surface area contributed by atoms with Crippen LogP contribution in [0, 0.1) is 5.82 Å². The van der Waals surface area contributed by atoms with Crippen molar-refractivity contribution in [1.82, 2.24) is 9.88 Å². The Hall–Kier alpha value is -2.82. The molecule has 3 aromatic rings. The lowest BCUT2D eigenvalue weighted by Crippen LogP contribution is -2.30. The predicted molar refractivity (Wildman–Crippen MR) is 91.4 cm³/mol. The molecular weight excluding hydrogens is 307 g/mol. The quantitative estimate of drug-likeness (QED) is 0.777. The van der Waals surface area contributed by atoms with E-state index in [0.717, 1.165) is 10.9 Å². The topological polar surface area (TPSA) is 43.3 Å². The molecule has 0 aliphatic carbocycles. The van der Waals surface area contributed by atoms with E-state index in [4.69, 9.17) is 4.74 Å². The number of benzene rings is 2. The molecule has 1 amide bonds. The van der Waals surface area contributed by atoms with E-state index in [-0.39, 0.29) is 24.2 Å². The van der Waals surface area contributed by atoms with Gasteiger partial charge in [0.2, 0.25) is 5.91 Å². The zero-order chi connectivity index (χ0) is 17.1. The molecule has 0 saturated heterocycles. The van der Waals surface area contributed by atoms with Gasteiger partial charge in [-0.05, 0) is 42.1 Å². The number of ether oxygens (including phenoxy) is 1. The first kappa shape index (κ1) is 16.1. The van der Waals surface area contributed by atoms with E-state index >= 15 is 0 Å². The van der Waals surface area contributed by atoms with Gasteiger partial charge in [0, 0.05) is 11.7 Å². The summed E-state index contributed by atoms with van der Waals surface area (Å²) in [5, 5.41) is 3.99. The summed E-state index contributed by atoms with van der Waals surface area (Å²) in [5.41, 5.74) is 1.70. The molecule has 0 bridgehead atoms. The van der Waals surface area contributed by atoms with Gasteiger partial charge >= 0.3 is 0 Å². The highest BCUT2D eigenvalue weighted by Gasteiger charge is 2.13. The van der Waals surface area contributed by atoms with Crippen LogP contribution in [0.15, 0.2) is 54.7 Å². The molecule has 0 radical (unpaired) electrons. The number of halogens is 1. The maximum atomic E-state index is 13.8. The van der Waals surface area contributed by atoms with Gasteiger partial charge in [0.1, 0.15) is 6.54 Å². The summed E-state index contributed by atoms with van der Waals surface area (Å²) in [6.07, 6.45) is 1.89. The van der Waals surface area contributed by atoms with Gasteiger partial charge in [0.25, 0.3) is 0 Å². The number of fused-ring (bicyclic) bond motifs is 1. The van der Waals surface area contributed by atoms with E-state index in [1.54, 1.807) is 12.1 Å². The molecule has 1 atom stereocenters. The molecule has 1 heterocycles. The largest absolute Gasteiger partial charge is 0.494 e. The Labute approximate surface area is 139 Å². The van der Waals surface area contributed by atoms with Gasteiger partial charge in [-0.15, -0.1) is 0 Å². The fourth-order valence-electron chi connectivity index (χ4n) is 2.76. The van der Waals surface area contributed by atoms with Gasteiger partial charge in [0.15, 0.2) is 11.6 Å². The molecule has 1 aromatic heterocycles. The van der Waals surface area contributed by atoms with Gasteiger partial charge < -0.3 is 14.6 Å². The molecule has 1 unspecified atom stereocenters. The molecular formula is C19H19FN2O2. The van der Waals surface area contributed by atoms with Crippen molar-refractivity contribution in [1.29, 1.82) is 0 Å². The number of hydrogen-bond donors (Lipinski definition) is 1. The minimum absolute atomic E-state index is 0.125. The molecule has 4 nitrogen and oxygen atoms in total. The van der Waals surface area contributed by atoms with Crippen molar-refractivity contribution in [3.63, 3.8) is 0 Å². The SMILES string of the molecule is COc1ccc(C(C)NC(=O)Cn2ccc3ccccc32)cc1F. The van der Waals surface area contributed by atoms with Crippen molar-refractivity contribution in [3.05, 3.63) is 66.1 Å². The zero-order valence-electron chi connectivity index (χ0n) is 13.6. The van der Waals surface area contributed by atoms with Crippen LogP contribution in [0.5, 0.6) is 5.75 Å². The predicted octanol–water partition coefficient (Wildman–Crippen LogP) is 3.67. The Balaban J connectivity index is 1.69. The molecule has 0 aliphatic rings. The van der Waals surface area contributed by atoms with Crippen LogP contribution in [0.3, 0.4) is 0 Å². The summed E-state index contributed by atoms with van der Waals surface area (Å²) in [6, 6.07) is 14.3. The third kappa shape index (κ3) is 3.25. The summed E-state index contributed by atoms with van der Waals surface area (Å²) in [5.74, 6) is -0.372. The average molecular weight is 326 g/mol. The number of amides is 1. The highest BCUT2D eigenvalue weighted by Crippen LogP contribution is 2.22. The maximum absolute atomic E-state index is 13.8. The zero-order valence-corrected chi connectivity index (χ0v) is 13.6. The Morgan fingerprint density at radius 3 is 2.79 bits per heavy atom. The van der Waals surface area contributed by atoms with Crippen LogP contribution < -0.4 is 10.1 Å². The summed E-state index contributed by atoms with van der Waals surface area (Å²) < 4.78 is 20.6. The Bertz CT molecular complexity index is 873. The van der Waals surface area contributed by atoms with Gasteiger partial charge in [0.05, 0.1) is 13.2 Å². The minimum atomic E-state index is -0.437. The van der Waals surface area contributed by atoms with Crippen molar-refractivity contribution in [2.75, 3.05) is 7.11 Å². The molecule has 0 aliphatic heterocycles. The fourth-order valence-corrected chi connectivity index (χ4v) is 2.76. The summed E-state index contributed by atoms with van der Waals surface area (Å²) >= 11 is 0. The third-order valence-corrected chi connectivity index (χ3v) is 4.05. The van der Waals surface area contributed by atoms with Crippen LogP contribution in [0.2, 0.25) is 0 Å². The summed E-state index contributed by atoms with van der Waals surface area (Å²) in [7, 11) is 1.42. The second-order valence-corrected chi connectivity index (χ2v) is 5.69. The van der Waals surface area contributed by atoms with Gasteiger partial charge in [-0.2, -0.15) is 0 Å². The molecule has 3 rings (SSSR count). The molecule has 0 spiro atoms. The highest BCUT2D eigenvalue weighted by atomic mass is 19.1. The van der Waals surface area contributed by atoms with Crippen LogP contribution in [0.1, 0.15) is 18.5 Å². The number of methoxy groups -OCH3 is 1. The number of para-hydroxylation sites is 1. The first-order chi connectivity index (χ1) is 11.6. The smallest absolute Gasteiger partial charge is 0.240 e. The molecule has 5 heteroatoms. The normalized spacial score (nSPS) is 12.1. The van der Waals surface area contributed by atoms with Crippen molar-refractivity contribution >= 4 is 16.8 Å². The lowest BCUT2D eigenvalue weighted by atomic mass is 10.1. The maximum Gasteiger partial charge on any atom is 0.240 e. The number of carbonyl (C=O) groups is 1. The second kappa shape index (κ2) is 6.74. The molecule has 2 aromatic carbocycles. The Morgan fingerprint density at radius 1 is 1.25 bits per heavy atom. The van der Waals surface area contributed by atoms with Crippen molar-refractivity contribution in [3.8, 4) is 5.75 Å². The minimum Gasteiger partial charge on any atom is -0.494 e. The van der Waals surface area contributed by atoms with Gasteiger partial charge in [-0.25, -0.2) is 4.39 Å². The molecule has 124 valence electrons. The monoisotopic (exact) mass is 326 g/mol. The number of aromatic nitrogens is 1. The number of rotatable bonds is 5. The van der Waals surface area contributed by atoms with Crippen molar-refractivity contribution in [2.45, 2.75) is 19.5 Å². The number of nitrogens with one attached hydrogen (secondary N) is 1. The van der Waals surface area contributed by atoms with Crippen LogP contribution in [0.4, 0.5) is 4.39 Å². The second-order valence-electron chi connectivity index (χ2n) is 5.69. The highest BCUT2D eigenvalue weighted by molar-refractivity contribution is 5.83. The van der Waals surface area contributed by atoms with Gasteiger partial charge in [-0.1, -0.05) is 24.3 Å². The van der Waals surface area contributed by atoms with E-state index in [2.05, 4.69) is 5.32 Å². The average Bonchev–Trinajstić information content (AvgIpc) is 2.97. The van der Waals surface area contributed by atoms with Crippen LogP contribution in [-0.4, -0.2) is 17.6 Å². The summed E-state index contributed by atoms with van der Waals surface area (Å²) in [4.78, 5) is 12.3. The number of nitrogens with zero attached hydrogens (tertiary/aromatic N) is 1. The van der Waals surface area contributed by atoms with Crippen LogP contribution >= 0.6 is 0 Å². The van der Waals surface area contributed by atoms with E-state index in [1.165, 1.54) is 13.2 Å². The van der Waals surface area contributed by atoms with E-state index in [1.807, 2.05) is 48.0 Å². The number of hydrogen-bond acceptors (Lipinski definition) is 2. The van der Waals surface area contributed by atoms with E-state index in [0.29, 0.717) is 5.56 Å². The lowest BCUT2D eigenvalue weighted by molar-refractivity contribution is -0.122. The van der Waals surface area contributed by atoms with E-state index < -0.39 is 5.82 Å².